The van der Waals surface area contributed by atoms with Gasteiger partial charge in [-0.2, -0.15) is 0 Å². The van der Waals surface area contributed by atoms with Crippen LogP contribution in [-0.4, -0.2) is 46.5 Å². The van der Waals surface area contributed by atoms with Crippen molar-refractivity contribution in [2.45, 2.75) is 95.6 Å². The third kappa shape index (κ3) is 16.5. The zero-order chi connectivity index (χ0) is 29.6. The highest BCUT2D eigenvalue weighted by Gasteiger charge is 2.31. The summed E-state index contributed by atoms with van der Waals surface area (Å²) < 4.78 is 21.7. The molecule has 4 heterocycles. The predicted octanol–water partition coefficient (Wildman–Crippen LogP) is 9.13. The average molecular weight is 672 g/mol. The summed E-state index contributed by atoms with van der Waals surface area (Å²) in [5.74, 6) is 6.13. The predicted molar refractivity (Wildman–Crippen MR) is 182 cm³/mol. The van der Waals surface area contributed by atoms with E-state index in [-0.39, 0.29) is 14.9 Å². The van der Waals surface area contributed by atoms with E-state index in [0.29, 0.717) is 29.8 Å². The Bertz CT molecular complexity index is 1050. The Morgan fingerprint density at radius 1 is 0.927 bits per heavy atom. The Morgan fingerprint density at radius 3 is 1.71 bits per heavy atom. The second kappa shape index (κ2) is 21.7. The van der Waals surface area contributed by atoms with Gasteiger partial charge in [0.1, 0.15) is 6.10 Å². The minimum absolute atomic E-state index is 0. The molecular weight excluding hydrogens is 619 g/mol. The van der Waals surface area contributed by atoms with Crippen LogP contribution >= 0.6 is 44.3 Å². The van der Waals surface area contributed by atoms with E-state index < -0.39 is 21.0 Å². The van der Waals surface area contributed by atoms with Crippen molar-refractivity contribution in [2.24, 2.45) is 23.7 Å². The molecule has 2 aliphatic rings. The van der Waals surface area contributed by atoms with E-state index in [9.17, 15) is 18.5 Å². The molecule has 13 heteroatoms. The number of rotatable bonds is 6. The molecule has 2 aromatic heterocycles. The van der Waals surface area contributed by atoms with E-state index in [2.05, 4.69) is 42.5 Å². The fourth-order valence-electron chi connectivity index (χ4n) is 3.66. The molecule has 0 saturated carbocycles. The third-order valence-electron chi connectivity index (χ3n) is 6.70. The quantitative estimate of drug-likeness (QED) is 0.169. The third-order valence-corrected chi connectivity index (χ3v) is 13.6. The van der Waals surface area contributed by atoms with Gasteiger partial charge in [0, 0.05) is 16.4 Å². The maximum atomic E-state index is 10.9. The first kappa shape index (κ1) is 42.2. The van der Waals surface area contributed by atoms with Gasteiger partial charge in [0.2, 0.25) is 0 Å². The summed E-state index contributed by atoms with van der Waals surface area (Å²) in [5.41, 5.74) is 5.59. The summed E-state index contributed by atoms with van der Waals surface area (Å²) in [7, 11) is 1.40. The average Bonchev–Trinajstić information content (AvgIpc) is 3.54. The van der Waals surface area contributed by atoms with Crippen LogP contribution in [0.2, 0.25) is 0 Å². The summed E-state index contributed by atoms with van der Waals surface area (Å²) >= 11 is 3.15. The van der Waals surface area contributed by atoms with Gasteiger partial charge in [0.15, 0.2) is 9.84 Å². The maximum Gasteiger partial charge on any atom is 0.295 e. The van der Waals surface area contributed by atoms with E-state index in [0.717, 1.165) is 22.4 Å². The molecule has 2 fully saturated rings. The topological polar surface area (TPSA) is 112 Å². The number of hydrogen-bond acceptors (Lipinski definition) is 11. The number of hydrogen-bond donors (Lipinski definition) is 0. The lowest BCUT2D eigenvalue weighted by molar-refractivity contribution is -0.771. The molecule has 41 heavy (non-hydrogen) atoms. The Labute approximate surface area is 265 Å². The lowest BCUT2D eigenvalue weighted by atomic mass is 10.0. The Balaban J connectivity index is 0. The zero-order valence-corrected chi connectivity index (χ0v) is 28.5. The second-order valence-corrected chi connectivity index (χ2v) is 16.7. The van der Waals surface area contributed by atoms with E-state index in [1.807, 2.05) is 54.8 Å². The van der Waals surface area contributed by atoms with Crippen molar-refractivity contribution in [2.75, 3.05) is 23.0 Å². The van der Waals surface area contributed by atoms with Crippen LogP contribution in [0.25, 0.3) is 0 Å². The highest BCUT2D eigenvalue weighted by molar-refractivity contribution is 8.76. The van der Waals surface area contributed by atoms with E-state index >= 15 is 0 Å². The Kier molecular flexibility index (Phi) is 22.4. The van der Waals surface area contributed by atoms with Gasteiger partial charge in [0.25, 0.3) is 5.09 Å². The van der Waals surface area contributed by atoms with Crippen molar-refractivity contribution < 1.29 is 18.3 Å². The van der Waals surface area contributed by atoms with Crippen LogP contribution in [0, 0.1) is 47.6 Å². The summed E-state index contributed by atoms with van der Waals surface area (Å²) in [6.45, 7) is 16.6. The SMILES string of the molecule is C.C.CC1CS(=O)(=O)CC1C.CC1CSSCC1C.CCC(O[N+](=O)[O-])c1scnc1C.CCCc1scnc1C. The molecule has 8 nitrogen and oxygen atoms in total. The molecule has 2 saturated heterocycles. The maximum absolute atomic E-state index is 10.9. The first-order valence-corrected chi connectivity index (χ1v) is 19.4. The molecular formula is C28H53N3O5S5. The molecule has 5 unspecified atom stereocenters. The molecule has 0 aliphatic carbocycles. The summed E-state index contributed by atoms with van der Waals surface area (Å²) in [6.07, 6.45) is 2.52. The second-order valence-electron chi connectivity index (χ2n) is 10.2. The molecule has 0 N–H and O–H groups in total. The van der Waals surface area contributed by atoms with Crippen molar-refractivity contribution in [3.05, 3.63) is 42.3 Å². The molecule has 0 amide bonds. The molecule has 0 bridgehead atoms. The Hall–Kier alpha value is -0.890. The highest BCUT2D eigenvalue weighted by atomic mass is 33.1. The van der Waals surface area contributed by atoms with Gasteiger partial charge in [-0.25, -0.2) is 18.4 Å². The van der Waals surface area contributed by atoms with Gasteiger partial charge < -0.3 is 4.84 Å². The van der Waals surface area contributed by atoms with E-state index in [4.69, 9.17) is 0 Å². The monoisotopic (exact) mass is 671 g/mol. The molecule has 0 aromatic carbocycles. The molecule has 2 aliphatic heterocycles. The highest BCUT2D eigenvalue weighted by Crippen LogP contribution is 2.35. The van der Waals surface area contributed by atoms with Gasteiger partial charge >= 0.3 is 0 Å². The van der Waals surface area contributed by atoms with Crippen LogP contribution in [0.1, 0.15) is 96.5 Å². The first-order valence-electron chi connectivity index (χ1n) is 13.4. The van der Waals surface area contributed by atoms with Crippen LogP contribution in [0.4, 0.5) is 0 Å². The lowest BCUT2D eigenvalue weighted by Crippen LogP contribution is -2.15. The number of nitrogens with zero attached hydrogens (tertiary/aromatic N) is 3. The van der Waals surface area contributed by atoms with Gasteiger partial charge in [0.05, 0.1) is 38.8 Å². The van der Waals surface area contributed by atoms with Gasteiger partial charge in [-0.3, -0.25) is 0 Å². The first-order chi connectivity index (χ1) is 18.3. The van der Waals surface area contributed by atoms with Crippen molar-refractivity contribution in [3.8, 4) is 0 Å². The van der Waals surface area contributed by atoms with Crippen LogP contribution in [0.3, 0.4) is 0 Å². The molecule has 0 spiro atoms. The van der Waals surface area contributed by atoms with Crippen LogP contribution in [0.15, 0.2) is 11.0 Å². The molecule has 5 atom stereocenters. The van der Waals surface area contributed by atoms with Gasteiger partial charge in [-0.05, 0) is 50.4 Å². The summed E-state index contributed by atoms with van der Waals surface area (Å²) in [6, 6.07) is 0. The fraction of sp³-hybridized carbons (Fsp3) is 0.786. The van der Waals surface area contributed by atoms with Crippen molar-refractivity contribution >= 4 is 54.1 Å². The van der Waals surface area contributed by atoms with Crippen molar-refractivity contribution in [3.63, 3.8) is 0 Å². The normalized spacial score (nSPS) is 22.9. The minimum atomic E-state index is -2.64. The summed E-state index contributed by atoms with van der Waals surface area (Å²) in [5, 5.41) is 9.39. The summed E-state index contributed by atoms with van der Waals surface area (Å²) in [4.78, 5) is 25.1. The zero-order valence-electron chi connectivity index (χ0n) is 24.4. The minimum Gasteiger partial charge on any atom is -0.305 e. The number of thiazole rings is 2. The fourth-order valence-corrected chi connectivity index (χ4v) is 11.0. The molecule has 4 rings (SSSR count). The molecule has 240 valence electrons. The smallest absolute Gasteiger partial charge is 0.295 e. The van der Waals surface area contributed by atoms with E-state index in [1.165, 1.54) is 46.3 Å². The van der Waals surface area contributed by atoms with Crippen molar-refractivity contribution in [1.29, 1.82) is 0 Å². The standard InChI is InChI=1S/C7H10N2O3S.C7H11NS.C6H12O2S.C6H12S2.2CH4/c1-3-6(12-9(10)11)7-5(2)8-4-13-7;1-3-4-7-6(2)8-5-9-7;1-5-3-9(7,8)4-6(5)2;1-5-3-7-8-4-6(5)2;;/h4,6H,3H2,1-2H3;5H,3-4H2,1-2H3;5-6H,3-4H2,1-2H3;5-6H,3-4H2,1-2H3;2*1H4. The largest absolute Gasteiger partial charge is 0.305 e. The lowest BCUT2D eigenvalue weighted by Gasteiger charge is -2.23. The number of aromatic nitrogens is 2. The van der Waals surface area contributed by atoms with Gasteiger partial charge in [-0.15, -0.1) is 32.8 Å². The number of sulfone groups is 1. The molecule has 2 aromatic rings. The molecule has 0 radical (unpaired) electrons. The van der Waals surface area contributed by atoms with Crippen LogP contribution in [0.5, 0.6) is 0 Å². The Morgan fingerprint density at radius 2 is 1.41 bits per heavy atom. The van der Waals surface area contributed by atoms with Gasteiger partial charge in [-0.1, -0.05) is 84.4 Å². The van der Waals surface area contributed by atoms with Crippen molar-refractivity contribution in [1.82, 2.24) is 9.97 Å². The van der Waals surface area contributed by atoms with Crippen LogP contribution in [-0.2, 0) is 21.1 Å². The number of aryl methyl sites for hydroxylation is 3. The van der Waals surface area contributed by atoms with Crippen LogP contribution < -0.4 is 0 Å². The van der Waals surface area contributed by atoms with E-state index in [1.54, 1.807) is 16.8 Å².